The number of nitro groups is 1. The van der Waals surface area contributed by atoms with Crippen molar-refractivity contribution >= 4 is 5.69 Å². The summed E-state index contributed by atoms with van der Waals surface area (Å²) in [6.45, 7) is 4.74. The first kappa shape index (κ1) is 28.7. The molecule has 6 rings (SSSR count). The molecular weight excluding hydrogens is 550 g/mol. The van der Waals surface area contributed by atoms with Crippen molar-refractivity contribution in [1.82, 2.24) is 30.0 Å². The fourth-order valence-corrected chi connectivity index (χ4v) is 6.14. The van der Waals surface area contributed by atoms with E-state index < -0.39 is 5.54 Å². The number of non-ortho nitro benzene ring substituents is 1. The van der Waals surface area contributed by atoms with Gasteiger partial charge in [0.25, 0.3) is 5.69 Å². The Morgan fingerprint density at radius 1 is 0.750 bits per heavy atom. The first-order chi connectivity index (χ1) is 21.6. The molecule has 2 heterocycles. The molecule has 0 amide bonds. The summed E-state index contributed by atoms with van der Waals surface area (Å²) in [6, 6.07) is 37.8. The van der Waals surface area contributed by atoms with Crippen LogP contribution in [0.25, 0.3) is 0 Å². The molecule has 44 heavy (non-hydrogen) atoms. The van der Waals surface area contributed by atoms with Crippen LogP contribution >= 0.6 is 0 Å². The molecule has 9 heteroatoms. The number of hydrogen-bond donors (Lipinski definition) is 0. The summed E-state index contributed by atoms with van der Waals surface area (Å²) in [6.07, 6.45) is 2.00. The van der Waals surface area contributed by atoms with Crippen LogP contribution in [0.4, 0.5) is 5.69 Å². The summed E-state index contributed by atoms with van der Waals surface area (Å²) in [7, 11) is 0. The van der Waals surface area contributed by atoms with Crippen molar-refractivity contribution in [1.29, 1.82) is 0 Å². The number of benzene rings is 4. The molecular formula is C35H33N7O2. The molecule has 0 saturated carbocycles. The molecule has 0 bridgehead atoms. The molecule has 0 aliphatic rings. The molecule has 0 aliphatic carbocycles. The lowest BCUT2D eigenvalue weighted by Crippen LogP contribution is -2.40. The van der Waals surface area contributed by atoms with Crippen LogP contribution in [0.2, 0.25) is 0 Å². The van der Waals surface area contributed by atoms with Crippen LogP contribution in [-0.2, 0) is 31.3 Å². The van der Waals surface area contributed by atoms with E-state index in [-0.39, 0.29) is 10.6 Å². The van der Waals surface area contributed by atoms with Crippen molar-refractivity contribution in [3.05, 3.63) is 170 Å². The van der Waals surface area contributed by atoms with Crippen molar-refractivity contribution in [3.8, 4) is 0 Å². The van der Waals surface area contributed by atoms with Gasteiger partial charge in [-0.2, -0.15) is 5.10 Å². The minimum Gasteiger partial charge on any atom is -0.265 e. The van der Waals surface area contributed by atoms with Gasteiger partial charge in [0.05, 0.1) is 17.2 Å². The summed E-state index contributed by atoms with van der Waals surface area (Å²) >= 11 is 0. The van der Waals surface area contributed by atoms with E-state index in [1.54, 1.807) is 12.1 Å². The average molecular weight is 584 g/mol. The summed E-state index contributed by atoms with van der Waals surface area (Å²) in [5, 5.41) is 29.7. The van der Waals surface area contributed by atoms with Gasteiger partial charge in [0.2, 0.25) is 0 Å². The largest absolute Gasteiger partial charge is 0.269 e. The Bertz CT molecular complexity index is 1750. The highest BCUT2D eigenvalue weighted by molar-refractivity contribution is 5.50. The van der Waals surface area contributed by atoms with Gasteiger partial charge in [-0.1, -0.05) is 117 Å². The fraction of sp³-hybridized carbons (Fsp3) is 0.200. The minimum atomic E-state index is -0.823. The maximum absolute atomic E-state index is 11.1. The number of nitrogens with zero attached hydrogens (tertiary/aromatic N) is 7. The van der Waals surface area contributed by atoms with Crippen LogP contribution in [0.1, 0.15) is 58.9 Å². The Labute approximate surface area is 256 Å². The average Bonchev–Trinajstić information content (AvgIpc) is 3.67. The van der Waals surface area contributed by atoms with E-state index in [2.05, 4.69) is 60.6 Å². The van der Waals surface area contributed by atoms with Gasteiger partial charge >= 0.3 is 0 Å². The minimum absolute atomic E-state index is 0.0745. The van der Waals surface area contributed by atoms with E-state index in [4.69, 9.17) is 10.3 Å². The van der Waals surface area contributed by atoms with Gasteiger partial charge in [0, 0.05) is 29.8 Å². The number of tetrazole rings is 1. The summed E-state index contributed by atoms with van der Waals surface area (Å²) < 4.78 is 3.99. The lowest BCUT2D eigenvalue weighted by molar-refractivity contribution is -0.384. The van der Waals surface area contributed by atoms with E-state index >= 15 is 0 Å². The van der Waals surface area contributed by atoms with Crippen molar-refractivity contribution in [3.63, 3.8) is 0 Å². The SMILES string of the molecule is CCc1nn(Cc2ccc([N+](=O)[O-])cc2)c(CC)c1Cc1nnnn1C(c1ccccc1)(c1ccccc1)c1ccccc1. The van der Waals surface area contributed by atoms with Gasteiger partial charge < -0.3 is 0 Å². The zero-order chi connectivity index (χ0) is 30.5. The van der Waals surface area contributed by atoms with Gasteiger partial charge in [0.1, 0.15) is 5.54 Å². The van der Waals surface area contributed by atoms with E-state index in [0.717, 1.165) is 57.9 Å². The lowest BCUT2D eigenvalue weighted by atomic mass is 9.77. The summed E-state index contributed by atoms with van der Waals surface area (Å²) in [5.74, 6) is 0.723. The number of aryl methyl sites for hydroxylation is 1. The Kier molecular flexibility index (Phi) is 8.10. The predicted octanol–water partition coefficient (Wildman–Crippen LogP) is 6.38. The van der Waals surface area contributed by atoms with Crippen molar-refractivity contribution in [2.75, 3.05) is 0 Å². The van der Waals surface area contributed by atoms with Crippen LogP contribution < -0.4 is 0 Å². The zero-order valence-electron chi connectivity index (χ0n) is 24.7. The Morgan fingerprint density at radius 2 is 1.30 bits per heavy atom. The van der Waals surface area contributed by atoms with E-state index in [1.807, 2.05) is 64.0 Å². The molecule has 220 valence electrons. The van der Waals surface area contributed by atoms with Gasteiger partial charge in [-0.25, -0.2) is 4.68 Å². The molecule has 0 N–H and O–H groups in total. The fourth-order valence-electron chi connectivity index (χ4n) is 6.14. The molecule has 0 fully saturated rings. The lowest BCUT2D eigenvalue weighted by Gasteiger charge is -2.36. The number of rotatable bonds is 11. The van der Waals surface area contributed by atoms with Crippen LogP contribution in [0.15, 0.2) is 115 Å². The molecule has 9 nitrogen and oxygen atoms in total. The Hall–Kier alpha value is -5.44. The zero-order valence-corrected chi connectivity index (χ0v) is 24.7. The summed E-state index contributed by atoms with van der Waals surface area (Å²) in [5.41, 5.74) is 6.53. The van der Waals surface area contributed by atoms with E-state index in [1.165, 1.54) is 12.1 Å². The van der Waals surface area contributed by atoms with Gasteiger partial charge in [-0.15, -0.1) is 5.10 Å². The van der Waals surface area contributed by atoms with Crippen LogP contribution in [0, 0.1) is 10.1 Å². The molecule has 0 aliphatic heterocycles. The first-order valence-corrected chi connectivity index (χ1v) is 14.8. The van der Waals surface area contributed by atoms with Gasteiger partial charge in [-0.05, 0) is 45.5 Å². The van der Waals surface area contributed by atoms with Crippen LogP contribution in [0.5, 0.6) is 0 Å². The molecule has 6 aromatic rings. The first-order valence-electron chi connectivity index (χ1n) is 14.8. The van der Waals surface area contributed by atoms with Crippen molar-refractivity contribution in [2.45, 2.75) is 45.2 Å². The summed E-state index contributed by atoms with van der Waals surface area (Å²) in [4.78, 5) is 10.8. The molecule has 0 radical (unpaired) electrons. The highest BCUT2D eigenvalue weighted by atomic mass is 16.6. The Balaban J connectivity index is 1.49. The number of nitro benzene ring substituents is 1. The topological polar surface area (TPSA) is 105 Å². The third-order valence-corrected chi connectivity index (χ3v) is 8.16. The monoisotopic (exact) mass is 583 g/mol. The third-order valence-electron chi connectivity index (χ3n) is 8.16. The predicted molar refractivity (Wildman–Crippen MR) is 168 cm³/mol. The van der Waals surface area contributed by atoms with E-state index in [9.17, 15) is 10.1 Å². The molecule has 2 aromatic heterocycles. The molecule has 0 unspecified atom stereocenters. The number of hydrogen-bond acceptors (Lipinski definition) is 6. The van der Waals surface area contributed by atoms with Gasteiger partial charge in [0.15, 0.2) is 5.82 Å². The maximum Gasteiger partial charge on any atom is 0.269 e. The van der Waals surface area contributed by atoms with Crippen molar-refractivity contribution in [2.24, 2.45) is 0 Å². The van der Waals surface area contributed by atoms with Crippen LogP contribution in [0.3, 0.4) is 0 Å². The second-order valence-electron chi connectivity index (χ2n) is 10.7. The van der Waals surface area contributed by atoms with Gasteiger partial charge in [-0.3, -0.25) is 14.8 Å². The quantitative estimate of drug-likeness (QED) is 0.0996. The smallest absolute Gasteiger partial charge is 0.265 e. The second-order valence-corrected chi connectivity index (χ2v) is 10.7. The van der Waals surface area contributed by atoms with Crippen molar-refractivity contribution < 1.29 is 4.92 Å². The normalized spacial score (nSPS) is 11.5. The number of aromatic nitrogens is 6. The molecule has 4 aromatic carbocycles. The highest BCUT2D eigenvalue weighted by Gasteiger charge is 2.41. The molecule has 0 spiro atoms. The van der Waals surface area contributed by atoms with E-state index in [0.29, 0.717) is 13.0 Å². The maximum atomic E-state index is 11.1. The Morgan fingerprint density at radius 3 is 1.77 bits per heavy atom. The molecule has 0 atom stereocenters. The molecule has 0 saturated heterocycles. The van der Waals surface area contributed by atoms with Crippen LogP contribution in [-0.4, -0.2) is 34.9 Å². The third kappa shape index (κ3) is 5.17. The highest BCUT2D eigenvalue weighted by Crippen LogP contribution is 2.41. The second kappa shape index (κ2) is 12.4. The standard InChI is InChI=1S/C35H33N7O2/c1-3-32-31(33(4-2)40(37-32)25-26-20-22-30(23-21-26)42(43)44)24-34-36-38-39-41(34)35(27-14-8-5-9-15-27,28-16-10-6-11-17-28)29-18-12-7-13-19-29/h5-23H,3-4,24-25H2,1-2H3.